The zero-order valence-electron chi connectivity index (χ0n) is 11.0. The van der Waals surface area contributed by atoms with Crippen LogP contribution in [-0.2, 0) is 10.2 Å². The average molecular weight is 263 g/mol. The van der Waals surface area contributed by atoms with Crippen molar-refractivity contribution in [2.75, 3.05) is 13.1 Å². The van der Waals surface area contributed by atoms with E-state index in [4.69, 9.17) is 0 Å². The normalized spacial score (nSPS) is 22.6. The summed E-state index contributed by atoms with van der Waals surface area (Å²) in [5.41, 5.74) is -0.436. The van der Waals surface area contributed by atoms with Crippen LogP contribution < -0.4 is 14.8 Å². The van der Waals surface area contributed by atoms with Crippen LogP contribution in [0.4, 0.5) is 0 Å². The number of hydrogen-bond acceptors (Lipinski definition) is 3. The predicted octanol–water partition coefficient (Wildman–Crippen LogP) is 0.741. The van der Waals surface area contributed by atoms with E-state index in [1.807, 2.05) is 20.8 Å². The summed E-state index contributed by atoms with van der Waals surface area (Å²) in [6, 6.07) is 0.459. The van der Waals surface area contributed by atoms with Gasteiger partial charge in [0.05, 0.1) is 0 Å². The highest BCUT2D eigenvalue weighted by atomic mass is 32.2. The third-order valence-electron chi connectivity index (χ3n) is 2.64. The van der Waals surface area contributed by atoms with Crippen molar-refractivity contribution in [2.24, 2.45) is 0 Å². The van der Waals surface area contributed by atoms with E-state index < -0.39 is 15.7 Å². The van der Waals surface area contributed by atoms with Gasteiger partial charge in [-0.1, -0.05) is 6.42 Å². The molecular weight excluding hydrogens is 238 g/mol. The van der Waals surface area contributed by atoms with Crippen molar-refractivity contribution < 1.29 is 8.42 Å². The van der Waals surface area contributed by atoms with E-state index in [-0.39, 0.29) is 0 Å². The van der Waals surface area contributed by atoms with Crippen molar-refractivity contribution in [2.45, 2.75) is 58.0 Å². The fraction of sp³-hybridized carbons (Fsp3) is 1.00. The quantitative estimate of drug-likeness (QED) is 0.685. The van der Waals surface area contributed by atoms with Gasteiger partial charge in [0.15, 0.2) is 0 Å². The van der Waals surface area contributed by atoms with E-state index in [0.29, 0.717) is 12.6 Å². The van der Waals surface area contributed by atoms with E-state index in [1.165, 1.54) is 12.8 Å². The second-order valence-electron chi connectivity index (χ2n) is 5.69. The van der Waals surface area contributed by atoms with E-state index >= 15 is 0 Å². The summed E-state index contributed by atoms with van der Waals surface area (Å²) in [5.74, 6) is 0. The Morgan fingerprint density at radius 3 is 2.53 bits per heavy atom. The summed E-state index contributed by atoms with van der Waals surface area (Å²) in [5, 5.41) is 3.40. The van der Waals surface area contributed by atoms with Gasteiger partial charge in [-0.15, -0.1) is 0 Å². The van der Waals surface area contributed by atoms with Crippen molar-refractivity contribution in [3.8, 4) is 0 Å². The summed E-state index contributed by atoms with van der Waals surface area (Å²) >= 11 is 0. The van der Waals surface area contributed by atoms with E-state index in [2.05, 4.69) is 14.8 Å². The van der Waals surface area contributed by atoms with Gasteiger partial charge in [0.1, 0.15) is 0 Å². The lowest BCUT2D eigenvalue weighted by Crippen LogP contribution is -2.47. The first-order valence-electron chi connectivity index (χ1n) is 6.30. The molecule has 0 bridgehead atoms. The van der Waals surface area contributed by atoms with Gasteiger partial charge in [0.25, 0.3) is 10.2 Å². The van der Waals surface area contributed by atoms with Crippen molar-refractivity contribution in [3.63, 3.8) is 0 Å². The number of piperidine rings is 1. The Labute approximate surface area is 105 Å². The molecule has 5 nitrogen and oxygen atoms in total. The fourth-order valence-electron chi connectivity index (χ4n) is 1.98. The maximum Gasteiger partial charge on any atom is 0.277 e. The molecule has 0 aliphatic carbocycles. The Bertz CT molecular complexity index is 316. The molecule has 102 valence electrons. The molecule has 1 atom stereocenters. The molecule has 0 aromatic heterocycles. The Morgan fingerprint density at radius 1 is 1.29 bits per heavy atom. The zero-order valence-corrected chi connectivity index (χ0v) is 11.9. The van der Waals surface area contributed by atoms with Crippen LogP contribution in [0, 0.1) is 0 Å². The molecule has 0 aromatic carbocycles. The van der Waals surface area contributed by atoms with Gasteiger partial charge in [-0.2, -0.15) is 13.1 Å². The molecule has 0 aromatic rings. The summed E-state index contributed by atoms with van der Waals surface area (Å²) < 4.78 is 28.4. The van der Waals surface area contributed by atoms with Crippen LogP contribution in [0.3, 0.4) is 0 Å². The van der Waals surface area contributed by atoms with Crippen molar-refractivity contribution in [1.29, 1.82) is 0 Å². The highest BCUT2D eigenvalue weighted by molar-refractivity contribution is 7.87. The van der Waals surface area contributed by atoms with Crippen LogP contribution >= 0.6 is 0 Å². The molecule has 1 heterocycles. The summed E-state index contributed by atoms with van der Waals surface area (Å²) in [7, 11) is -3.37. The van der Waals surface area contributed by atoms with Gasteiger partial charge in [0, 0.05) is 18.1 Å². The molecule has 1 fully saturated rings. The molecule has 0 spiro atoms. The van der Waals surface area contributed by atoms with Crippen LogP contribution in [0.25, 0.3) is 0 Å². The molecular formula is C11H25N3O2S. The topological polar surface area (TPSA) is 70.2 Å². The predicted molar refractivity (Wildman–Crippen MR) is 70.1 cm³/mol. The summed E-state index contributed by atoms with van der Waals surface area (Å²) in [6.07, 6.45) is 4.47. The lowest BCUT2D eigenvalue weighted by molar-refractivity contribution is 0.382. The van der Waals surface area contributed by atoms with Crippen molar-refractivity contribution in [1.82, 2.24) is 14.8 Å². The molecule has 3 N–H and O–H groups in total. The number of nitrogens with one attached hydrogen (secondary N) is 3. The Kier molecular flexibility index (Phi) is 5.37. The largest absolute Gasteiger partial charge is 0.314 e. The lowest BCUT2D eigenvalue weighted by atomic mass is 10.0. The average Bonchev–Trinajstić information content (AvgIpc) is 2.15. The molecule has 17 heavy (non-hydrogen) atoms. The Balaban J connectivity index is 2.25. The molecule has 1 aliphatic rings. The molecule has 1 unspecified atom stereocenters. The summed E-state index contributed by atoms with van der Waals surface area (Å²) in [6.45, 7) is 7.03. The highest BCUT2D eigenvalue weighted by Gasteiger charge is 2.20. The van der Waals surface area contributed by atoms with E-state index in [0.717, 1.165) is 19.4 Å². The van der Waals surface area contributed by atoms with Gasteiger partial charge in [-0.25, -0.2) is 4.72 Å². The Hall–Kier alpha value is -0.170. The Morgan fingerprint density at radius 2 is 2.00 bits per heavy atom. The minimum absolute atomic E-state index is 0.436. The van der Waals surface area contributed by atoms with Gasteiger partial charge >= 0.3 is 0 Å². The van der Waals surface area contributed by atoms with Crippen molar-refractivity contribution >= 4 is 10.2 Å². The first kappa shape index (κ1) is 14.9. The minimum atomic E-state index is -3.37. The standard InChI is InChI=1S/C11H25N3O2S/c1-11(2,3)14-17(15,16)13-9-7-10-6-4-5-8-12-10/h10,12-14H,4-9H2,1-3H3. The second kappa shape index (κ2) is 6.13. The second-order valence-corrected chi connectivity index (χ2v) is 7.19. The molecule has 1 rings (SSSR count). The first-order valence-corrected chi connectivity index (χ1v) is 7.79. The fourth-order valence-corrected chi connectivity index (χ4v) is 3.24. The van der Waals surface area contributed by atoms with Crippen molar-refractivity contribution in [3.05, 3.63) is 0 Å². The monoisotopic (exact) mass is 263 g/mol. The third kappa shape index (κ3) is 6.98. The minimum Gasteiger partial charge on any atom is -0.314 e. The van der Waals surface area contributed by atoms with Gasteiger partial charge in [-0.3, -0.25) is 0 Å². The van der Waals surface area contributed by atoms with Crippen LogP contribution in [-0.4, -0.2) is 33.1 Å². The molecule has 1 saturated heterocycles. The molecule has 6 heteroatoms. The SMILES string of the molecule is CC(C)(C)NS(=O)(=O)NCCC1CCCCN1. The lowest BCUT2D eigenvalue weighted by Gasteiger charge is -2.24. The molecule has 0 saturated carbocycles. The van der Waals surface area contributed by atoms with Gasteiger partial charge < -0.3 is 5.32 Å². The molecule has 1 aliphatic heterocycles. The van der Waals surface area contributed by atoms with Gasteiger partial charge in [0.2, 0.25) is 0 Å². The van der Waals surface area contributed by atoms with Crippen LogP contribution in [0.2, 0.25) is 0 Å². The zero-order chi connectivity index (χ0) is 12.9. The first-order chi connectivity index (χ1) is 7.79. The highest BCUT2D eigenvalue weighted by Crippen LogP contribution is 2.09. The smallest absolute Gasteiger partial charge is 0.277 e. The number of rotatable bonds is 5. The van der Waals surface area contributed by atoms with Crippen LogP contribution in [0.1, 0.15) is 46.5 Å². The van der Waals surface area contributed by atoms with Crippen LogP contribution in [0.5, 0.6) is 0 Å². The van der Waals surface area contributed by atoms with Gasteiger partial charge in [-0.05, 0) is 46.6 Å². The van der Waals surface area contributed by atoms with E-state index in [1.54, 1.807) is 0 Å². The molecule has 0 amide bonds. The van der Waals surface area contributed by atoms with Crippen LogP contribution in [0.15, 0.2) is 0 Å². The summed E-state index contributed by atoms with van der Waals surface area (Å²) in [4.78, 5) is 0. The maximum absolute atomic E-state index is 11.6. The number of hydrogen-bond donors (Lipinski definition) is 3. The maximum atomic E-state index is 11.6. The molecule has 0 radical (unpaired) electrons. The van der Waals surface area contributed by atoms with E-state index in [9.17, 15) is 8.42 Å². The third-order valence-corrected chi connectivity index (χ3v) is 4.10.